The molecule has 2 rings (SSSR count). The molecule has 0 aliphatic rings. The highest BCUT2D eigenvalue weighted by atomic mass is 32.1. The second-order valence-corrected chi connectivity index (χ2v) is 4.78. The first kappa shape index (κ1) is 13.3. The SMILES string of the molecule is CCn1cc(C(=O)Nc2ccc(C(=O)OC)s2)cn1. The van der Waals surface area contributed by atoms with Gasteiger partial charge in [-0.2, -0.15) is 5.10 Å². The summed E-state index contributed by atoms with van der Waals surface area (Å²) in [7, 11) is 1.32. The molecule has 2 heterocycles. The van der Waals surface area contributed by atoms with Crippen molar-refractivity contribution in [1.29, 1.82) is 0 Å². The zero-order valence-electron chi connectivity index (χ0n) is 10.5. The second-order valence-electron chi connectivity index (χ2n) is 3.69. The van der Waals surface area contributed by atoms with E-state index in [2.05, 4.69) is 15.2 Å². The van der Waals surface area contributed by atoms with E-state index in [9.17, 15) is 9.59 Å². The number of amides is 1. The van der Waals surface area contributed by atoms with Crippen molar-refractivity contribution in [2.75, 3.05) is 12.4 Å². The monoisotopic (exact) mass is 279 g/mol. The van der Waals surface area contributed by atoms with E-state index in [0.29, 0.717) is 22.0 Å². The molecule has 1 amide bonds. The molecule has 2 aromatic rings. The first-order chi connectivity index (χ1) is 9.13. The average molecular weight is 279 g/mol. The number of hydrogen-bond donors (Lipinski definition) is 1. The van der Waals surface area contributed by atoms with Crippen LogP contribution < -0.4 is 5.32 Å². The second kappa shape index (κ2) is 5.66. The van der Waals surface area contributed by atoms with Crippen molar-refractivity contribution in [2.45, 2.75) is 13.5 Å². The Morgan fingerprint density at radius 2 is 2.26 bits per heavy atom. The molecule has 0 aliphatic carbocycles. The molecule has 100 valence electrons. The highest BCUT2D eigenvalue weighted by Crippen LogP contribution is 2.23. The lowest BCUT2D eigenvalue weighted by molar-refractivity contribution is 0.0606. The summed E-state index contributed by atoms with van der Waals surface area (Å²) in [5.74, 6) is -0.665. The Bertz CT molecular complexity index is 603. The molecule has 0 aromatic carbocycles. The number of esters is 1. The number of hydrogen-bond acceptors (Lipinski definition) is 5. The zero-order chi connectivity index (χ0) is 13.8. The standard InChI is InChI=1S/C12H13N3O3S/c1-3-15-7-8(6-13-15)11(16)14-10-5-4-9(19-10)12(17)18-2/h4-7H,3H2,1-2H3,(H,14,16). The molecule has 0 aliphatic heterocycles. The lowest BCUT2D eigenvalue weighted by atomic mass is 10.3. The molecule has 0 bridgehead atoms. The number of thiophene rings is 1. The van der Waals surface area contributed by atoms with E-state index >= 15 is 0 Å². The van der Waals surface area contributed by atoms with Gasteiger partial charge in [0, 0.05) is 12.7 Å². The van der Waals surface area contributed by atoms with Gasteiger partial charge in [0.1, 0.15) is 4.88 Å². The Labute approximate surface area is 114 Å². The minimum atomic E-state index is -0.413. The summed E-state index contributed by atoms with van der Waals surface area (Å²) in [6, 6.07) is 3.28. The predicted octanol–water partition coefficient (Wildman–Crippen LogP) is 2.00. The van der Waals surface area contributed by atoms with E-state index in [1.54, 1.807) is 23.0 Å². The van der Waals surface area contributed by atoms with Gasteiger partial charge in [-0.05, 0) is 19.1 Å². The lowest BCUT2D eigenvalue weighted by Gasteiger charge is -1.99. The summed E-state index contributed by atoms with van der Waals surface area (Å²) in [6.45, 7) is 2.65. The molecule has 7 heteroatoms. The van der Waals surface area contributed by atoms with Crippen molar-refractivity contribution in [1.82, 2.24) is 9.78 Å². The Balaban J connectivity index is 2.06. The number of methoxy groups -OCH3 is 1. The number of anilines is 1. The van der Waals surface area contributed by atoms with Gasteiger partial charge in [0.25, 0.3) is 5.91 Å². The molecule has 1 N–H and O–H groups in total. The maximum Gasteiger partial charge on any atom is 0.348 e. The van der Waals surface area contributed by atoms with Crippen LogP contribution in [-0.2, 0) is 11.3 Å². The molecule has 0 fully saturated rings. The van der Waals surface area contributed by atoms with Gasteiger partial charge in [0.2, 0.25) is 0 Å². The highest BCUT2D eigenvalue weighted by molar-refractivity contribution is 7.18. The fourth-order valence-electron chi connectivity index (χ4n) is 1.45. The van der Waals surface area contributed by atoms with E-state index in [-0.39, 0.29) is 5.91 Å². The van der Waals surface area contributed by atoms with E-state index in [4.69, 9.17) is 0 Å². The molecule has 0 saturated carbocycles. The average Bonchev–Trinajstić information content (AvgIpc) is 3.06. The number of ether oxygens (including phenoxy) is 1. The maximum atomic E-state index is 11.9. The molecule has 0 spiro atoms. The van der Waals surface area contributed by atoms with Crippen LogP contribution in [0.1, 0.15) is 27.0 Å². The van der Waals surface area contributed by atoms with Gasteiger partial charge < -0.3 is 10.1 Å². The molecular weight excluding hydrogens is 266 g/mol. The van der Waals surface area contributed by atoms with Crippen LogP contribution in [-0.4, -0.2) is 28.8 Å². The highest BCUT2D eigenvalue weighted by Gasteiger charge is 2.13. The number of carbonyl (C=O) groups is 2. The summed E-state index contributed by atoms with van der Waals surface area (Å²) in [5.41, 5.74) is 0.481. The van der Waals surface area contributed by atoms with E-state index in [0.717, 1.165) is 0 Å². The third-order valence-corrected chi connectivity index (χ3v) is 3.43. The summed E-state index contributed by atoms with van der Waals surface area (Å²) < 4.78 is 6.27. The van der Waals surface area contributed by atoms with E-state index < -0.39 is 5.97 Å². The Morgan fingerprint density at radius 3 is 2.89 bits per heavy atom. The number of carbonyl (C=O) groups excluding carboxylic acids is 2. The zero-order valence-corrected chi connectivity index (χ0v) is 11.4. The van der Waals surface area contributed by atoms with Gasteiger partial charge in [0.15, 0.2) is 0 Å². The van der Waals surface area contributed by atoms with Crippen molar-refractivity contribution in [3.63, 3.8) is 0 Å². The molecular formula is C12H13N3O3S. The predicted molar refractivity (Wildman–Crippen MR) is 71.5 cm³/mol. The van der Waals surface area contributed by atoms with Gasteiger partial charge >= 0.3 is 5.97 Å². The van der Waals surface area contributed by atoms with Crippen LogP contribution >= 0.6 is 11.3 Å². The Morgan fingerprint density at radius 1 is 1.47 bits per heavy atom. The van der Waals surface area contributed by atoms with Crippen LogP contribution in [0.2, 0.25) is 0 Å². The van der Waals surface area contributed by atoms with Crippen molar-refractivity contribution < 1.29 is 14.3 Å². The third kappa shape index (κ3) is 3.00. The summed E-state index contributed by atoms with van der Waals surface area (Å²) in [5, 5.41) is 7.33. The minimum absolute atomic E-state index is 0.252. The quantitative estimate of drug-likeness (QED) is 0.869. The van der Waals surface area contributed by atoms with Gasteiger partial charge in [-0.25, -0.2) is 4.79 Å². The van der Waals surface area contributed by atoms with Gasteiger partial charge in [-0.15, -0.1) is 11.3 Å². The number of nitrogens with one attached hydrogen (secondary N) is 1. The summed E-state index contributed by atoms with van der Waals surface area (Å²) >= 11 is 1.17. The fourth-order valence-corrected chi connectivity index (χ4v) is 2.27. The number of rotatable bonds is 4. The van der Waals surface area contributed by atoms with E-state index in [1.165, 1.54) is 24.6 Å². The van der Waals surface area contributed by atoms with Crippen LogP contribution in [0.4, 0.5) is 5.00 Å². The van der Waals surface area contributed by atoms with Gasteiger partial charge in [-0.1, -0.05) is 0 Å². The van der Waals surface area contributed by atoms with Crippen molar-refractivity contribution in [3.05, 3.63) is 35.0 Å². The molecule has 0 atom stereocenters. The third-order valence-electron chi connectivity index (χ3n) is 2.45. The first-order valence-corrected chi connectivity index (χ1v) is 6.47. The molecule has 0 radical (unpaired) electrons. The minimum Gasteiger partial charge on any atom is -0.465 e. The Kier molecular flexibility index (Phi) is 3.96. The number of aromatic nitrogens is 2. The molecule has 6 nitrogen and oxygen atoms in total. The summed E-state index contributed by atoms with van der Waals surface area (Å²) in [6.07, 6.45) is 3.18. The maximum absolute atomic E-state index is 11.9. The topological polar surface area (TPSA) is 73.2 Å². The smallest absolute Gasteiger partial charge is 0.348 e. The first-order valence-electron chi connectivity index (χ1n) is 5.66. The number of aryl methyl sites for hydroxylation is 1. The van der Waals surface area contributed by atoms with Crippen molar-refractivity contribution in [3.8, 4) is 0 Å². The van der Waals surface area contributed by atoms with Crippen LogP contribution in [0.3, 0.4) is 0 Å². The van der Waals surface area contributed by atoms with Crippen LogP contribution in [0.25, 0.3) is 0 Å². The molecule has 2 aromatic heterocycles. The van der Waals surface area contributed by atoms with E-state index in [1.807, 2.05) is 6.92 Å². The molecule has 19 heavy (non-hydrogen) atoms. The molecule has 0 saturated heterocycles. The van der Waals surface area contributed by atoms with Gasteiger partial charge in [-0.3, -0.25) is 9.48 Å². The summed E-state index contributed by atoms with van der Waals surface area (Å²) in [4.78, 5) is 23.7. The van der Waals surface area contributed by atoms with Crippen molar-refractivity contribution >= 4 is 28.2 Å². The lowest BCUT2D eigenvalue weighted by Crippen LogP contribution is -2.09. The van der Waals surface area contributed by atoms with Crippen LogP contribution in [0.5, 0.6) is 0 Å². The van der Waals surface area contributed by atoms with Crippen LogP contribution in [0.15, 0.2) is 24.5 Å². The van der Waals surface area contributed by atoms with Crippen molar-refractivity contribution in [2.24, 2.45) is 0 Å². The fraction of sp³-hybridized carbons (Fsp3) is 0.250. The Hall–Kier alpha value is -2.15. The normalized spacial score (nSPS) is 10.2. The van der Waals surface area contributed by atoms with Crippen LogP contribution in [0, 0.1) is 0 Å². The molecule has 0 unspecified atom stereocenters. The van der Waals surface area contributed by atoms with Gasteiger partial charge in [0.05, 0.1) is 23.9 Å². The largest absolute Gasteiger partial charge is 0.465 e. The number of nitrogens with zero attached hydrogens (tertiary/aromatic N) is 2.